The van der Waals surface area contributed by atoms with Gasteiger partial charge in [0.05, 0.1) is 6.54 Å². The third-order valence-electron chi connectivity index (χ3n) is 3.50. The van der Waals surface area contributed by atoms with Crippen LogP contribution in [-0.4, -0.2) is 19.9 Å². The molecule has 4 nitrogen and oxygen atoms in total. The van der Waals surface area contributed by atoms with E-state index in [-0.39, 0.29) is 6.54 Å². The van der Waals surface area contributed by atoms with E-state index in [1.54, 1.807) is 59.5 Å². The number of halogens is 2. The van der Waals surface area contributed by atoms with Crippen molar-refractivity contribution in [2.45, 2.75) is 12.1 Å². The van der Waals surface area contributed by atoms with Gasteiger partial charge in [0.25, 0.3) is 0 Å². The first-order valence-corrected chi connectivity index (χ1v) is 7.40. The fourth-order valence-electron chi connectivity index (χ4n) is 2.35. The van der Waals surface area contributed by atoms with Crippen molar-refractivity contribution < 1.29 is 5.11 Å². The van der Waals surface area contributed by atoms with Crippen LogP contribution in [0.25, 0.3) is 0 Å². The van der Waals surface area contributed by atoms with Crippen LogP contribution in [0.3, 0.4) is 0 Å². The molecular formula is C16H13Cl2N3O. The van der Waals surface area contributed by atoms with Crippen LogP contribution in [0.2, 0.25) is 10.0 Å². The van der Waals surface area contributed by atoms with Crippen LogP contribution in [0.1, 0.15) is 11.1 Å². The smallest absolute Gasteiger partial charge is 0.137 e. The van der Waals surface area contributed by atoms with E-state index in [0.717, 1.165) is 11.1 Å². The molecule has 6 heteroatoms. The fourth-order valence-corrected chi connectivity index (χ4v) is 2.60. The summed E-state index contributed by atoms with van der Waals surface area (Å²) >= 11 is 11.9. The van der Waals surface area contributed by atoms with E-state index in [4.69, 9.17) is 23.2 Å². The van der Waals surface area contributed by atoms with E-state index in [1.165, 1.54) is 6.33 Å². The molecule has 0 fully saturated rings. The van der Waals surface area contributed by atoms with E-state index < -0.39 is 5.60 Å². The Hall–Kier alpha value is -1.88. The van der Waals surface area contributed by atoms with Crippen LogP contribution >= 0.6 is 23.2 Å². The van der Waals surface area contributed by atoms with Crippen LogP contribution in [0.15, 0.2) is 61.2 Å². The number of nitrogens with zero attached hydrogens (tertiary/aromatic N) is 3. The minimum Gasteiger partial charge on any atom is -0.378 e. The molecule has 0 aliphatic heterocycles. The van der Waals surface area contributed by atoms with Gasteiger partial charge in [0.1, 0.15) is 18.3 Å². The molecule has 0 saturated heterocycles. The number of hydrogen-bond acceptors (Lipinski definition) is 3. The van der Waals surface area contributed by atoms with Gasteiger partial charge in [-0.05, 0) is 35.4 Å². The summed E-state index contributed by atoms with van der Waals surface area (Å²) in [7, 11) is 0. The molecule has 0 radical (unpaired) electrons. The summed E-state index contributed by atoms with van der Waals surface area (Å²) in [5, 5.41) is 16.6. The van der Waals surface area contributed by atoms with Crippen molar-refractivity contribution in [3.63, 3.8) is 0 Å². The van der Waals surface area contributed by atoms with Crippen molar-refractivity contribution in [2.75, 3.05) is 0 Å². The highest BCUT2D eigenvalue weighted by Gasteiger charge is 2.32. The van der Waals surface area contributed by atoms with E-state index in [2.05, 4.69) is 10.1 Å². The number of benzene rings is 2. The van der Waals surface area contributed by atoms with E-state index in [1.807, 2.05) is 0 Å². The Morgan fingerprint density at radius 1 is 0.909 bits per heavy atom. The van der Waals surface area contributed by atoms with Crippen molar-refractivity contribution in [1.82, 2.24) is 14.8 Å². The highest BCUT2D eigenvalue weighted by atomic mass is 35.5. The van der Waals surface area contributed by atoms with Crippen molar-refractivity contribution in [3.05, 3.63) is 82.4 Å². The highest BCUT2D eigenvalue weighted by Crippen LogP contribution is 2.32. The average molecular weight is 334 g/mol. The largest absolute Gasteiger partial charge is 0.378 e. The molecule has 1 N–H and O–H groups in total. The number of rotatable bonds is 4. The molecule has 2 aromatic carbocycles. The molecule has 1 heterocycles. The first-order valence-electron chi connectivity index (χ1n) is 6.65. The Bertz CT molecular complexity index is 695. The molecule has 0 bridgehead atoms. The third kappa shape index (κ3) is 2.99. The molecule has 0 aliphatic carbocycles. The SMILES string of the molecule is OC(Cn1cncn1)(c1ccc(Cl)cc1)c1ccc(Cl)cc1. The molecule has 112 valence electrons. The van der Waals surface area contributed by atoms with Gasteiger partial charge in [0.2, 0.25) is 0 Å². The molecule has 0 spiro atoms. The van der Waals surface area contributed by atoms with Crippen molar-refractivity contribution in [2.24, 2.45) is 0 Å². The molecule has 0 aliphatic rings. The van der Waals surface area contributed by atoms with E-state index >= 15 is 0 Å². The van der Waals surface area contributed by atoms with Crippen molar-refractivity contribution in [3.8, 4) is 0 Å². The van der Waals surface area contributed by atoms with Gasteiger partial charge in [-0.3, -0.25) is 0 Å². The van der Waals surface area contributed by atoms with E-state index in [0.29, 0.717) is 10.0 Å². The lowest BCUT2D eigenvalue weighted by molar-refractivity contribution is 0.0572. The number of hydrogen-bond donors (Lipinski definition) is 1. The van der Waals surface area contributed by atoms with Gasteiger partial charge in [-0.25, -0.2) is 9.67 Å². The maximum Gasteiger partial charge on any atom is 0.137 e. The van der Waals surface area contributed by atoms with Gasteiger partial charge in [0.15, 0.2) is 0 Å². The predicted molar refractivity (Wildman–Crippen MR) is 85.9 cm³/mol. The lowest BCUT2D eigenvalue weighted by atomic mass is 9.86. The predicted octanol–water partition coefficient (Wildman–Crippen LogP) is 3.52. The standard InChI is InChI=1S/C16H13Cl2N3O/c17-14-5-1-12(2-6-14)16(22,9-21-11-19-10-20-21)13-3-7-15(18)8-4-13/h1-8,10-11,22H,9H2. The summed E-state index contributed by atoms with van der Waals surface area (Å²) in [6.07, 6.45) is 3.00. The topological polar surface area (TPSA) is 50.9 Å². The van der Waals surface area contributed by atoms with Gasteiger partial charge in [-0.15, -0.1) is 0 Å². The Labute approximate surface area is 138 Å². The normalized spacial score (nSPS) is 11.6. The second-order valence-electron chi connectivity index (χ2n) is 4.97. The molecule has 3 rings (SSSR count). The summed E-state index contributed by atoms with van der Waals surface area (Å²) in [4.78, 5) is 3.92. The van der Waals surface area contributed by atoms with Gasteiger partial charge in [-0.2, -0.15) is 5.10 Å². The fraction of sp³-hybridized carbons (Fsp3) is 0.125. The van der Waals surface area contributed by atoms with Crippen LogP contribution in [0.4, 0.5) is 0 Å². The van der Waals surface area contributed by atoms with E-state index in [9.17, 15) is 5.11 Å². The number of aromatic nitrogens is 3. The summed E-state index contributed by atoms with van der Waals surface area (Å²) < 4.78 is 1.59. The molecule has 0 atom stereocenters. The minimum absolute atomic E-state index is 0.232. The molecular weight excluding hydrogens is 321 g/mol. The van der Waals surface area contributed by atoms with Crippen LogP contribution in [0.5, 0.6) is 0 Å². The summed E-state index contributed by atoms with van der Waals surface area (Å²) in [6.45, 7) is 0.232. The summed E-state index contributed by atoms with van der Waals surface area (Å²) in [5.41, 5.74) is 0.174. The lowest BCUT2D eigenvalue weighted by Gasteiger charge is -2.29. The Balaban J connectivity index is 2.08. The zero-order valence-electron chi connectivity index (χ0n) is 11.5. The van der Waals surface area contributed by atoms with Crippen molar-refractivity contribution >= 4 is 23.2 Å². The lowest BCUT2D eigenvalue weighted by Crippen LogP contribution is -2.33. The first kappa shape index (κ1) is 15.0. The van der Waals surface area contributed by atoms with Crippen molar-refractivity contribution in [1.29, 1.82) is 0 Å². The van der Waals surface area contributed by atoms with Gasteiger partial charge < -0.3 is 5.11 Å². The Morgan fingerprint density at radius 3 is 1.82 bits per heavy atom. The zero-order valence-corrected chi connectivity index (χ0v) is 13.0. The second-order valence-corrected chi connectivity index (χ2v) is 5.84. The Kier molecular flexibility index (Phi) is 4.16. The molecule has 22 heavy (non-hydrogen) atoms. The van der Waals surface area contributed by atoms with Crippen LogP contribution in [0, 0.1) is 0 Å². The van der Waals surface area contributed by atoms with Gasteiger partial charge >= 0.3 is 0 Å². The molecule has 0 unspecified atom stereocenters. The highest BCUT2D eigenvalue weighted by molar-refractivity contribution is 6.30. The third-order valence-corrected chi connectivity index (χ3v) is 4.00. The van der Waals surface area contributed by atoms with Gasteiger partial charge in [-0.1, -0.05) is 47.5 Å². The second kappa shape index (κ2) is 6.08. The molecule has 1 aromatic heterocycles. The number of aliphatic hydroxyl groups is 1. The first-order chi connectivity index (χ1) is 10.6. The molecule has 3 aromatic rings. The zero-order chi connectivity index (χ0) is 15.6. The maximum atomic E-state index is 11.3. The summed E-state index contributed by atoms with van der Waals surface area (Å²) in [5.74, 6) is 0. The quantitative estimate of drug-likeness (QED) is 0.794. The Morgan fingerprint density at radius 2 is 1.41 bits per heavy atom. The average Bonchev–Trinajstić information content (AvgIpc) is 3.01. The van der Waals surface area contributed by atoms with Crippen LogP contribution < -0.4 is 0 Å². The maximum absolute atomic E-state index is 11.3. The minimum atomic E-state index is -1.26. The monoisotopic (exact) mass is 333 g/mol. The summed E-state index contributed by atoms with van der Waals surface area (Å²) in [6, 6.07) is 14.2. The van der Waals surface area contributed by atoms with Crippen LogP contribution in [-0.2, 0) is 12.1 Å². The van der Waals surface area contributed by atoms with Gasteiger partial charge in [0, 0.05) is 10.0 Å². The molecule has 0 saturated carbocycles. The molecule has 0 amide bonds.